The molecule has 11 heteroatoms. The van der Waals surface area contributed by atoms with Crippen molar-refractivity contribution in [2.75, 3.05) is 6.54 Å². The number of primary amides is 1. The van der Waals surface area contributed by atoms with E-state index >= 15 is 0 Å². The van der Waals surface area contributed by atoms with Crippen LogP contribution in [0.5, 0.6) is 0 Å². The molecule has 0 saturated heterocycles. The van der Waals surface area contributed by atoms with Crippen LogP contribution in [0.15, 0.2) is 30.3 Å². The highest BCUT2D eigenvalue weighted by Crippen LogP contribution is 2.07. The van der Waals surface area contributed by atoms with Crippen molar-refractivity contribution in [3.8, 4) is 0 Å². The Balaban J connectivity index is 2.65. The average Bonchev–Trinajstić information content (AvgIpc) is 2.74. The van der Waals surface area contributed by atoms with Crippen molar-refractivity contribution in [2.24, 2.45) is 17.4 Å². The second kappa shape index (κ2) is 13.8. The van der Waals surface area contributed by atoms with Gasteiger partial charge >= 0.3 is 5.97 Å². The third-order valence-electron chi connectivity index (χ3n) is 4.71. The van der Waals surface area contributed by atoms with Crippen LogP contribution in [0.3, 0.4) is 0 Å². The molecule has 33 heavy (non-hydrogen) atoms. The van der Waals surface area contributed by atoms with Crippen molar-refractivity contribution in [1.29, 1.82) is 0 Å². The minimum Gasteiger partial charge on any atom is -0.480 e. The van der Waals surface area contributed by atoms with Gasteiger partial charge in [-0.15, -0.1) is 0 Å². The van der Waals surface area contributed by atoms with Crippen molar-refractivity contribution in [3.63, 3.8) is 0 Å². The van der Waals surface area contributed by atoms with Gasteiger partial charge < -0.3 is 32.5 Å². The van der Waals surface area contributed by atoms with Crippen LogP contribution in [0.2, 0.25) is 0 Å². The molecule has 1 rings (SSSR count). The van der Waals surface area contributed by atoms with E-state index in [2.05, 4.69) is 16.0 Å². The van der Waals surface area contributed by atoms with Crippen molar-refractivity contribution >= 4 is 29.6 Å². The van der Waals surface area contributed by atoms with Gasteiger partial charge in [0.05, 0.1) is 12.6 Å². The zero-order chi connectivity index (χ0) is 25.0. The first-order chi connectivity index (χ1) is 15.5. The molecule has 0 aliphatic heterocycles. The maximum atomic E-state index is 12.6. The second-order valence-corrected chi connectivity index (χ2v) is 8.17. The van der Waals surface area contributed by atoms with Gasteiger partial charge in [0.15, 0.2) is 0 Å². The highest BCUT2D eigenvalue weighted by molar-refractivity contribution is 5.92. The molecule has 0 bridgehead atoms. The topological polar surface area (TPSA) is 194 Å². The minimum absolute atomic E-state index is 0.0606. The number of rotatable bonds is 14. The molecule has 3 atom stereocenters. The van der Waals surface area contributed by atoms with Crippen LogP contribution >= 0.6 is 0 Å². The van der Waals surface area contributed by atoms with E-state index in [0.29, 0.717) is 12.8 Å². The van der Waals surface area contributed by atoms with Crippen molar-refractivity contribution < 1.29 is 29.1 Å². The summed E-state index contributed by atoms with van der Waals surface area (Å²) in [6, 6.07) is 6.12. The molecule has 8 N–H and O–H groups in total. The molecule has 0 spiro atoms. The van der Waals surface area contributed by atoms with Crippen LogP contribution in [0.25, 0.3) is 0 Å². The number of amides is 4. The van der Waals surface area contributed by atoms with E-state index in [1.807, 2.05) is 44.2 Å². The fraction of sp³-hybridized carbons (Fsp3) is 0.500. The fourth-order valence-electron chi connectivity index (χ4n) is 3.02. The summed E-state index contributed by atoms with van der Waals surface area (Å²) < 4.78 is 0. The number of hydrogen-bond acceptors (Lipinski definition) is 6. The number of nitrogens with two attached hydrogens (primary N) is 2. The molecule has 1 aromatic carbocycles. The molecule has 0 aliphatic rings. The second-order valence-electron chi connectivity index (χ2n) is 8.17. The Kier molecular flexibility index (Phi) is 11.6. The van der Waals surface area contributed by atoms with Crippen LogP contribution in [0, 0.1) is 5.92 Å². The Hall–Kier alpha value is -3.47. The lowest BCUT2D eigenvalue weighted by Gasteiger charge is -2.22. The summed E-state index contributed by atoms with van der Waals surface area (Å²) in [7, 11) is 0. The van der Waals surface area contributed by atoms with Gasteiger partial charge in [-0.3, -0.25) is 19.2 Å². The van der Waals surface area contributed by atoms with Crippen molar-refractivity contribution in [2.45, 2.75) is 57.7 Å². The molecule has 0 fully saturated rings. The lowest BCUT2D eigenvalue weighted by Crippen LogP contribution is -2.54. The molecule has 11 nitrogen and oxygen atoms in total. The number of aliphatic carboxylic acids is 1. The van der Waals surface area contributed by atoms with Crippen LogP contribution in [-0.4, -0.2) is 59.4 Å². The summed E-state index contributed by atoms with van der Waals surface area (Å²) in [5.41, 5.74) is 11.9. The lowest BCUT2D eigenvalue weighted by molar-refractivity contribution is -0.142. The van der Waals surface area contributed by atoms with Gasteiger partial charge in [0, 0.05) is 6.42 Å². The summed E-state index contributed by atoms with van der Waals surface area (Å²) in [5.74, 6) is -3.81. The molecular formula is C22H33N5O6. The third-order valence-corrected chi connectivity index (χ3v) is 4.71. The largest absolute Gasteiger partial charge is 0.480 e. The Labute approximate surface area is 192 Å². The fourth-order valence-corrected chi connectivity index (χ4v) is 3.02. The zero-order valence-electron chi connectivity index (χ0n) is 18.9. The van der Waals surface area contributed by atoms with Gasteiger partial charge in [0.25, 0.3) is 0 Å². The predicted octanol–water partition coefficient (Wildman–Crippen LogP) is -0.962. The maximum absolute atomic E-state index is 12.6. The average molecular weight is 464 g/mol. The number of carbonyl (C=O) groups is 5. The first-order valence-corrected chi connectivity index (χ1v) is 10.7. The molecule has 4 amide bonds. The van der Waals surface area contributed by atoms with E-state index in [1.54, 1.807) is 0 Å². The van der Waals surface area contributed by atoms with Crippen LogP contribution < -0.4 is 27.4 Å². The van der Waals surface area contributed by atoms with Gasteiger partial charge in [-0.1, -0.05) is 44.2 Å². The summed E-state index contributed by atoms with van der Waals surface area (Å²) in [6.45, 7) is 3.25. The van der Waals surface area contributed by atoms with Crippen LogP contribution in [0.4, 0.5) is 0 Å². The number of hydrogen-bond donors (Lipinski definition) is 6. The van der Waals surface area contributed by atoms with Gasteiger partial charge in [0.2, 0.25) is 23.6 Å². The SMILES string of the molecule is CC(C)CC(NC(=O)C(N)Cc1ccccc1)C(=O)NCC(=O)NC(CCC(N)=O)C(=O)O. The summed E-state index contributed by atoms with van der Waals surface area (Å²) in [6.07, 6.45) is 0.228. The van der Waals surface area contributed by atoms with Crippen molar-refractivity contribution in [1.82, 2.24) is 16.0 Å². The van der Waals surface area contributed by atoms with Gasteiger partial charge in [-0.05, 0) is 30.7 Å². The van der Waals surface area contributed by atoms with Gasteiger partial charge in [-0.2, -0.15) is 0 Å². The molecular weight excluding hydrogens is 430 g/mol. The summed E-state index contributed by atoms with van der Waals surface area (Å²) >= 11 is 0. The Morgan fingerprint density at radius 1 is 0.970 bits per heavy atom. The van der Waals surface area contributed by atoms with E-state index in [1.165, 1.54) is 0 Å². The molecule has 182 valence electrons. The number of carbonyl (C=O) groups excluding carboxylic acids is 4. The molecule has 0 heterocycles. The van der Waals surface area contributed by atoms with E-state index < -0.39 is 54.3 Å². The first kappa shape index (κ1) is 27.6. The monoisotopic (exact) mass is 463 g/mol. The van der Waals surface area contributed by atoms with Gasteiger partial charge in [-0.25, -0.2) is 4.79 Å². The number of nitrogens with one attached hydrogen (secondary N) is 3. The molecule has 1 aromatic rings. The Morgan fingerprint density at radius 3 is 2.15 bits per heavy atom. The third kappa shape index (κ3) is 11.1. The molecule has 0 aromatic heterocycles. The number of carboxylic acids is 1. The van der Waals surface area contributed by atoms with Crippen LogP contribution in [0.1, 0.15) is 38.7 Å². The summed E-state index contributed by atoms with van der Waals surface area (Å²) in [4.78, 5) is 59.3. The lowest BCUT2D eigenvalue weighted by atomic mass is 10.0. The first-order valence-electron chi connectivity index (χ1n) is 10.7. The smallest absolute Gasteiger partial charge is 0.326 e. The Morgan fingerprint density at radius 2 is 1.61 bits per heavy atom. The van der Waals surface area contributed by atoms with E-state index in [-0.39, 0.29) is 18.8 Å². The van der Waals surface area contributed by atoms with Gasteiger partial charge in [0.1, 0.15) is 12.1 Å². The van der Waals surface area contributed by atoms with E-state index in [9.17, 15) is 24.0 Å². The predicted molar refractivity (Wildman–Crippen MR) is 121 cm³/mol. The molecule has 0 aliphatic carbocycles. The standard InChI is InChI=1S/C22H33N5O6/c1-13(2)10-17(27-20(30)15(23)11-14-6-4-3-5-7-14)21(31)25-12-19(29)26-16(22(32)33)8-9-18(24)28/h3-7,13,15-17H,8-12,23H2,1-2H3,(H2,24,28)(H,25,31)(H,26,29)(H,27,30)(H,32,33). The van der Waals surface area contributed by atoms with E-state index in [0.717, 1.165) is 5.56 Å². The maximum Gasteiger partial charge on any atom is 0.326 e. The Bertz CT molecular complexity index is 830. The normalized spacial score (nSPS) is 13.5. The highest BCUT2D eigenvalue weighted by Gasteiger charge is 2.26. The highest BCUT2D eigenvalue weighted by atomic mass is 16.4. The summed E-state index contributed by atoms with van der Waals surface area (Å²) in [5, 5.41) is 16.4. The van der Waals surface area contributed by atoms with Crippen LogP contribution in [-0.2, 0) is 30.4 Å². The van der Waals surface area contributed by atoms with E-state index in [4.69, 9.17) is 16.6 Å². The minimum atomic E-state index is -1.33. The molecule has 3 unspecified atom stereocenters. The van der Waals surface area contributed by atoms with Crippen molar-refractivity contribution in [3.05, 3.63) is 35.9 Å². The quantitative estimate of drug-likeness (QED) is 0.204. The number of carboxylic acid groups (broad SMARTS) is 1. The number of benzene rings is 1. The molecule has 0 saturated carbocycles. The molecule has 0 radical (unpaired) electrons. The zero-order valence-corrected chi connectivity index (χ0v) is 18.9.